The zero-order valence-corrected chi connectivity index (χ0v) is 12.6. The average Bonchev–Trinajstić information content (AvgIpc) is 2.40. The van der Waals surface area contributed by atoms with Crippen LogP contribution in [0.4, 0.5) is 0 Å². The lowest BCUT2D eigenvalue weighted by molar-refractivity contribution is 0.313. The third-order valence-electron chi connectivity index (χ3n) is 2.85. The minimum Gasteiger partial charge on any atom is -0.492 e. The van der Waals surface area contributed by atoms with Crippen LogP contribution >= 0.6 is 10.7 Å². The van der Waals surface area contributed by atoms with E-state index < -0.39 is 9.05 Å². The molecule has 0 aliphatic heterocycles. The Morgan fingerprint density at radius 3 is 2.45 bits per heavy atom. The second kappa shape index (κ2) is 6.29. The van der Waals surface area contributed by atoms with Crippen molar-refractivity contribution in [3.05, 3.63) is 59.7 Å². The monoisotopic (exact) mass is 310 g/mol. The van der Waals surface area contributed by atoms with Crippen LogP contribution in [0, 0.1) is 6.92 Å². The van der Waals surface area contributed by atoms with Crippen molar-refractivity contribution in [3.8, 4) is 5.75 Å². The van der Waals surface area contributed by atoms with Gasteiger partial charge in [0.1, 0.15) is 10.6 Å². The van der Waals surface area contributed by atoms with Gasteiger partial charge in [0.05, 0.1) is 6.61 Å². The number of ether oxygens (including phenoxy) is 1. The molecule has 0 heterocycles. The largest absolute Gasteiger partial charge is 0.492 e. The molecule has 0 saturated heterocycles. The standard InChI is InChI=1S/C15H15ClO3S/c1-12-7-8-14(15(11-12)20(16,17)18)19-10-9-13-5-3-2-4-6-13/h2-8,11H,9-10H2,1H3. The van der Waals surface area contributed by atoms with E-state index in [-0.39, 0.29) is 4.90 Å². The van der Waals surface area contributed by atoms with Gasteiger partial charge >= 0.3 is 0 Å². The van der Waals surface area contributed by atoms with Crippen molar-refractivity contribution in [3.63, 3.8) is 0 Å². The molecule has 0 aliphatic rings. The number of aryl methyl sites for hydroxylation is 1. The van der Waals surface area contributed by atoms with Gasteiger partial charge in [-0.15, -0.1) is 0 Å². The van der Waals surface area contributed by atoms with E-state index in [1.807, 2.05) is 30.3 Å². The molecule has 3 nitrogen and oxygen atoms in total. The summed E-state index contributed by atoms with van der Waals surface area (Å²) in [5.74, 6) is 0.293. The lowest BCUT2D eigenvalue weighted by Gasteiger charge is -2.10. The van der Waals surface area contributed by atoms with E-state index in [0.29, 0.717) is 18.8 Å². The van der Waals surface area contributed by atoms with E-state index >= 15 is 0 Å². The SMILES string of the molecule is Cc1ccc(OCCc2ccccc2)c(S(=O)(=O)Cl)c1. The van der Waals surface area contributed by atoms with Crippen molar-refractivity contribution in [2.24, 2.45) is 0 Å². The molecule has 2 aromatic rings. The molecule has 5 heteroatoms. The quantitative estimate of drug-likeness (QED) is 0.793. The van der Waals surface area contributed by atoms with Gasteiger partial charge in [-0.3, -0.25) is 0 Å². The first-order chi connectivity index (χ1) is 9.47. The van der Waals surface area contributed by atoms with Crippen molar-refractivity contribution < 1.29 is 13.2 Å². The molecule has 0 spiro atoms. The Kier molecular flexibility index (Phi) is 4.68. The van der Waals surface area contributed by atoms with Crippen LogP contribution in [0.5, 0.6) is 5.75 Å². The van der Waals surface area contributed by atoms with Crippen LogP contribution in [0.15, 0.2) is 53.4 Å². The first kappa shape index (κ1) is 14.9. The van der Waals surface area contributed by atoms with Gasteiger partial charge in [-0.2, -0.15) is 0 Å². The van der Waals surface area contributed by atoms with Crippen LogP contribution in [-0.4, -0.2) is 15.0 Å². The molecule has 106 valence electrons. The molecular weight excluding hydrogens is 296 g/mol. The summed E-state index contributed by atoms with van der Waals surface area (Å²) >= 11 is 0. The van der Waals surface area contributed by atoms with Crippen LogP contribution < -0.4 is 4.74 Å². The Bertz CT molecular complexity index is 682. The Labute approximate surface area is 123 Å². The molecule has 0 unspecified atom stereocenters. The van der Waals surface area contributed by atoms with Gasteiger partial charge in [-0.1, -0.05) is 36.4 Å². The number of halogens is 1. The highest BCUT2D eigenvalue weighted by molar-refractivity contribution is 8.13. The van der Waals surface area contributed by atoms with Gasteiger partial charge in [0, 0.05) is 17.1 Å². The summed E-state index contributed by atoms with van der Waals surface area (Å²) in [4.78, 5) is 0.0206. The smallest absolute Gasteiger partial charge is 0.264 e. The van der Waals surface area contributed by atoms with E-state index in [2.05, 4.69) is 0 Å². The van der Waals surface area contributed by atoms with Crippen LogP contribution in [0.3, 0.4) is 0 Å². The molecule has 0 aliphatic carbocycles. The van der Waals surface area contributed by atoms with E-state index in [1.54, 1.807) is 19.1 Å². The van der Waals surface area contributed by atoms with Crippen LogP contribution in [0.1, 0.15) is 11.1 Å². The maximum atomic E-state index is 11.5. The van der Waals surface area contributed by atoms with Gasteiger partial charge in [0.15, 0.2) is 0 Å². The summed E-state index contributed by atoms with van der Waals surface area (Å²) in [6.45, 7) is 2.20. The Balaban J connectivity index is 2.10. The Hall–Kier alpha value is -1.52. The Morgan fingerprint density at radius 1 is 1.10 bits per heavy atom. The van der Waals surface area contributed by atoms with E-state index in [9.17, 15) is 8.42 Å². The lowest BCUT2D eigenvalue weighted by atomic mass is 10.2. The summed E-state index contributed by atoms with van der Waals surface area (Å²) in [7, 11) is 1.62. The van der Waals surface area contributed by atoms with Gasteiger partial charge < -0.3 is 4.74 Å². The molecule has 0 amide bonds. The fourth-order valence-corrected chi connectivity index (χ4v) is 2.90. The van der Waals surface area contributed by atoms with Gasteiger partial charge in [-0.05, 0) is 30.2 Å². The molecule has 2 rings (SSSR count). The zero-order chi connectivity index (χ0) is 14.6. The number of hydrogen-bond acceptors (Lipinski definition) is 3. The molecule has 0 atom stereocenters. The second-order valence-corrected chi connectivity index (χ2v) is 7.01. The lowest BCUT2D eigenvalue weighted by Crippen LogP contribution is -2.04. The summed E-state index contributed by atoms with van der Waals surface area (Å²) in [5, 5.41) is 0. The summed E-state index contributed by atoms with van der Waals surface area (Å²) in [6, 6.07) is 14.8. The fourth-order valence-electron chi connectivity index (χ4n) is 1.85. The van der Waals surface area contributed by atoms with Crippen molar-refractivity contribution >= 4 is 19.7 Å². The highest BCUT2D eigenvalue weighted by Gasteiger charge is 2.17. The summed E-state index contributed by atoms with van der Waals surface area (Å²) in [5.41, 5.74) is 1.95. The van der Waals surface area contributed by atoms with Crippen LogP contribution in [-0.2, 0) is 15.5 Å². The molecule has 0 saturated carbocycles. The molecule has 0 radical (unpaired) electrons. The minimum atomic E-state index is -3.80. The summed E-state index contributed by atoms with van der Waals surface area (Å²) < 4.78 is 28.6. The predicted molar refractivity (Wildman–Crippen MR) is 79.9 cm³/mol. The normalized spacial score (nSPS) is 11.3. The molecule has 0 bridgehead atoms. The first-order valence-electron chi connectivity index (χ1n) is 6.19. The number of hydrogen-bond donors (Lipinski definition) is 0. The second-order valence-electron chi connectivity index (χ2n) is 4.47. The van der Waals surface area contributed by atoms with Crippen LogP contribution in [0.2, 0.25) is 0 Å². The predicted octanol–water partition coefficient (Wildman–Crippen LogP) is 3.54. The molecule has 0 aromatic heterocycles. The Morgan fingerprint density at radius 2 is 1.80 bits per heavy atom. The van der Waals surface area contributed by atoms with E-state index in [0.717, 1.165) is 11.1 Å². The third kappa shape index (κ3) is 3.99. The van der Waals surface area contributed by atoms with Crippen molar-refractivity contribution in [2.45, 2.75) is 18.2 Å². The maximum absolute atomic E-state index is 11.5. The first-order valence-corrected chi connectivity index (χ1v) is 8.50. The average molecular weight is 311 g/mol. The van der Waals surface area contributed by atoms with Gasteiger partial charge in [0.2, 0.25) is 0 Å². The third-order valence-corrected chi connectivity index (χ3v) is 4.20. The van der Waals surface area contributed by atoms with Crippen molar-refractivity contribution in [1.29, 1.82) is 0 Å². The number of benzene rings is 2. The molecular formula is C15H15ClO3S. The van der Waals surface area contributed by atoms with Gasteiger partial charge in [-0.25, -0.2) is 8.42 Å². The molecule has 0 N–H and O–H groups in total. The number of rotatable bonds is 5. The highest BCUT2D eigenvalue weighted by Crippen LogP contribution is 2.28. The van der Waals surface area contributed by atoms with Crippen molar-refractivity contribution in [2.75, 3.05) is 6.61 Å². The molecule has 2 aromatic carbocycles. The van der Waals surface area contributed by atoms with E-state index in [1.165, 1.54) is 6.07 Å². The minimum absolute atomic E-state index is 0.0206. The maximum Gasteiger partial charge on any atom is 0.264 e. The fraction of sp³-hybridized carbons (Fsp3) is 0.200. The topological polar surface area (TPSA) is 43.4 Å². The van der Waals surface area contributed by atoms with Crippen molar-refractivity contribution in [1.82, 2.24) is 0 Å². The van der Waals surface area contributed by atoms with E-state index in [4.69, 9.17) is 15.4 Å². The zero-order valence-electron chi connectivity index (χ0n) is 11.0. The van der Waals surface area contributed by atoms with Crippen LogP contribution in [0.25, 0.3) is 0 Å². The summed E-state index contributed by atoms with van der Waals surface area (Å²) in [6.07, 6.45) is 0.705. The molecule has 20 heavy (non-hydrogen) atoms. The molecule has 0 fully saturated rings. The van der Waals surface area contributed by atoms with Gasteiger partial charge in [0.25, 0.3) is 9.05 Å². The highest BCUT2D eigenvalue weighted by atomic mass is 35.7.